The maximum atomic E-state index is 12.3. The summed E-state index contributed by atoms with van der Waals surface area (Å²) < 4.78 is 29.6. The minimum absolute atomic E-state index is 0.324. The Bertz CT molecular complexity index is 514. The van der Waals surface area contributed by atoms with E-state index >= 15 is 0 Å². The number of benzene rings is 1. The number of anilines is 1. The summed E-state index contributed by atoms with van der Waals surface area (Å²) in [6, 6.07) is 7.52. The molecule has 0 spiro atoms. The van der Waals surface area contributed by atoms with Crippen LogP contribution >= 0.6 is 0 Å². The van der Waals surface area contributed by atoms with E-state index in [4.69, 9.17) is 4.74 Å². The van der Waals surface area contributed by atoms with Gasteiger partial charge in [-0.05, 0) is 17.7 Å². The number of ether oxygens (including phenoxy) is 1. The van der Waals surface area contributed by atoms with E-state index in [1.54, 1.807) is 7.11 Å². The van der Waals surface area contributed by atoms with Gasteiger partial charge < -0.3 is 10.1 Å². The molecule has 0 amide bonds. The molecule has 0 aliphatic carbocycles. The predicted molar refractivity (Wildman–Crippen MR) is 67.3 cm³/mol. The van der Waals surface area contributed by atoms with Gasteiger partial charge in [0.05, 0.1) is 19.5 Å². The van der Waals surface area contributed by atoms with Crippen molar-refractivity contribution < 1.29 is 13.5 Å². The van der Waals surface area contributed by atoms with Crippen LogP contribution in [0.2, 0.25) is 0 Å². The zero-order valence-electron chi connectivity index (χ0n) is 10.3. The Morgan fingerprint density at radius 2 is 1.89 bits per heavy atom. The summed E-state index contributed by atoms with van der Waals surface area (Å²) in [6.45, 7) is 0.534. The van der Waals surface area contributed by atoms with E-state index < -0.39 is 6.43 Å². The average molecular weight is 265 g/mol. The van der Waals surface area contributed by atoms with Crippen LogP contribution in [0.15, 0.2) is 36.7 Å². The van der Waals surface area contributed by atoms with Crippen LogP contribution in [0.4, 0.5) is 14.6 Å². The van der Waals surface area contributed by atoms with E-state index in [0.29, 0.717) is 12.4 Å². The highest BCUT2D eigenvalue weighted by Gasteiger charge is 2.08. The molecule has 2 rings (SSSR count). The first-order chi connectivity index (χ1) is 9.19. The molecule has 4 nitrogen and oxygen atoms in total. The molecule has 0 aliphatic heterocycles. The third kappa shape index (κ3) is 3.61. The normalized spacial score (nSPS) is 10.5. The Labute approximate surface area is 109 Å². The lowest BCUT2D eigenvalue weighted by molar-refractivity contribution is 0.145. The fourth-order valence-electron chi connectivity index (χ4n) is 1.48. The van der Waals surface area contributed by atoms with Gasteiger partial charge in [-0.2, -0.15) is 0 Å². The van der Waals surface area contributed by atoms with Crippen molar-refractivity contribution in [1.82, 2.24) is 9.97 Å². The van der Waals surface area contributed by atoms with Crippen molar-refractivity contribution in [3.63, 3.8) is 0 Å². The molecule has 0 unspecified atom stereocenters. The van der Waals surface area contributed by atoms with Crippen LogP contribution in [0, 0.1) is 0 Å². The maximum absolute atomic E-state index is 12.3. The van der Waals surface area contributed by atoms with E-state index in [-0.39, 0.29) is 5.69 Å². The van der Waals surface area contributed by atoms with Crippen molar-refractivity contribution >= 4 is 5.82 Å². The largest absolute Gasteiger partial charge is 0.497 e. The minimum Gasteiger partial charge on any atom is -0.497 e. The molecule has 6 heteroatoms. The third-order valence-corrected chi connectivity index (χ3v) is 2.53. The molecule has 0 saturated carbocycles. The van der Waals surface area contributed by atoms with Crippen LogP contribution in [0.1, 0.15) is 17.7 Å². The first kappa shape index (κ1) is 13.2. The number of halogens is 2. The van der Waals surface area contributed by atoms with E-state index in [1.807, 2.05) is 24.3 Å². The topological polar surface area (TPSA) is 47.0 Å². The third-order valence-electron chi connectivity index (χ3n) is 2.53. The van der Waals surface area contributed by atoms with Crippen LogP contribution in [0.3, 0.4) is 0 Å². The van der Waals surface area contributed by atoms with Crippen molar-refractivity contribution in [2.45, 2.75) is 13.0 Å². The number of alkyl halides is 2. The van der Waals surface area contributed by atoms with Gasteiger partial charge in [-0.3, -0.25) is 0 Å². The summed E-state index contributed by atoms with van der Waals surface area (Å²) in [5.41, 5.74) is 0.704. The molecule has 0 aliphatic rings. The van der Waals surface area contributed by atoms with E-state index in [9.17, 15) is 8.78 Å². The first-order valence-corrected chi connectivity index (χ1v) is 5.66. The SMILES string of the molecule is COc1ccc(CNc2cnc(C(F)F)cn2)cc1. The summed E-state index contributed by atoms with van der Waals surface area (Å²) >= 11 is 0. The van der Waals surface area contributed by atoms with Gasteiger partial charge in [-0.15, -0.1) is 0 Å². The number of rotatable bonds is 5. The van der Waals surface area contributed by atoms with Gasteiger partial charge in [0.25, 0.3) is 6.43 Å². The van der Waals surface area contributed by atoms with Crippen LogP contribution < -0.4 is 10.1 Å². The molecule has 0 saturated heterocycles. The Hall–Kier alpha value is -2.24. The van der Waals surface area contributed by atoms with Gasteiger partial charge in [0, 0.05) is 6.54 Å². The summed E-state index contributed by atoms with van der Waals surface area (Å²) in [5, 5.41) is 3.01. The van der Waals surface area contributed by atoms with E-state index in [0.717, 1.165) is 17.5 Å². The van der Waals surface area contributed by atoms with Gasteiger partial charge >= 0.3 is 0 Å². The Balaban J connectivity index is 1.94. The van der Waals surface area contributed by atoms with Crippen LogP contribution in [-0.4, -0.2) is 17.1 Å². The zero-order valence-corrected chi connectivity index (χ0v) is 10.3. The van der Waals surface area contributed by atoms with Gasteiger partial charge in [0.15, 0.2) is 0 Å². The molecule has 1 aromatic carbocycles. The molecule has 0 atom stereocenters. The maximum Gasteiger partial charge on any atom is 0.281 e. The highest BCUT2D eigenvalue weighted by Crippen LogP contribution is 2.16. The Morgan fingerprint density at radius 3 is 2.42 bits per heavy atom. The molecule has 100 valence electrons. The number of hydrogen-bond donors (Lipinski definition) is 1. The second-order valence-corrected chi connectivity index (χ2v) is 3.83. The van der Waals surface area contributed by atoms with Crippen molar-refractivity contribution in [3.05, 3.63) is 47.9 Å². The van der Waals surface area contributed by atoms with Crippen LogP contribution in [0.5, 0.6) is 5.75 Å². The molecule has 1 N–H and O–H groups in total. The Morgan fingerprint density at radius 1 is 1.16 bits per heavy atom. The second-order valence-electron chi connectivity index (χ2n) is 3.83. The number of methoxy groups -OCH3 is 1. The van der Waals surface area contributed by atoms with Crippen molar-refractivity contribution in [1.29, 1.82) is 0 Å². The van der Waals surface area contributed by atoms with Gasteiger partial charge in [-0.1, -0.05) is 12.1 Å². The molecular formula is C13H13F2N3O. The van der Waals surface area contributed by atoms with Crippen molar-refractivity contribution in [3.8, 4) is 5.75 Å². The highest BCUT2D eigenvalue weighted by atomic mass is 19.3. The van der Waals surface area contributed by atoms with Gasteiger partial charge in [0.2, 0.25) is 0 Å². The monoisotopic (exact) mass is 265 g/mol. The Kier molecular flexibility index (Phi) is 4.22. The average Bonchev–Trinajstić information content (AvgIpc) is 2.46. The van der Waals surface area contributed by atoms with Crippen LogP contribution in [0.25, 0.3) is 0 Å². The zero-order chi connectivity index (χ0) is 13.7. The second kappa shape index (κ2) is 6.08. The summed E-state index contributed by atoms with van der Waals surface area (Å²) in [7, 11) is 1.60. The standard InChI is InChI=1S/C13H13F2N3O/c1-19-10-4-2-9(3-5-10)6-17-12-8-16-11(7-18-12)13(14)15/h2-5,7-8,13H,6H2,1H3,(H,17,18). The van der Waals surface area contributed by atoms with Crippen LogP contribution in [-0.2, 0) is 6.54 Å². The van der Waals surface area contributed by atoms with Crippen molar-refractivity contribution in [2.24, 2.45) is 0 Å². The summed E-state index contributed by atoms with van der Waals surface area (Å²) in [6.07, 6.45) is -0.227. The molecule has 1 aromatic heterocycles. The minimum atomic E-state index is -2.59. The molecule has 19 heavy (non-hydrogen) atoms. The number of nitrogens with one attached hydrogen (secondary N) is 1. The lowest BCUT2D eigenvalue weighted by atomic mass is 10.2. The smallest absolute Gasteiger partial charge is 0.281 e. The number of aromatic nitrogens is 2. The number of nitrogens with zero attached hydrogens (tertiary/aromatic N) is 2. The fourth-order valence-corrected chi connectivity index (χ4v) is 1.48. The highest BCUT2D eigenvalue weighted by molar-refractivity contribution is 5.34. The lowest BCUT2D eigenvalue weighted by Gasteiger charge is -2.06. The summed E-state index contributed by atoms with van der Waals surface area (Å²) in [4.78, 5) is 7.49. The quantitative estimate of drug-likeness (QED) is 0.902. The molecular weight excluding hydrogens is 252 g/mol. The predicted octanol–water partition coefficient (Wildman–Crippen LogP) is 3.03. The molecule has 0 bridgehead atoms. The van der Waals surface area contributed by atoms with E-state index in [2.05, 4.69) is 15.3 Å². The van der Waals surface area contributed by atoms with E-state index in [1.165, 1.54) is 6.20 Å². The van der Waals surface area contributed by atoms with Gasteiger partial charge in [0.1, 0.15) is 17.3 Å². The fraction of sp³-hybridized carbons (Fsp3) is 0.231. The van der Waals surface area contributed by atoms with Gasteiger partial charge in [-0.25, -0.2) is 18.7 Å². The molecule has 2 aromatic rings. The lowest BCUT2D eigenvalue weighted by Crippen LogP contribution is -2.03. The van der Waals surface area contributed by atoms with Crippen molar-refractivity contribution in [2.75, 3.05) is 12.4 Å². The molecule has 0 radical (unpaired) electrons. The molecule has 0 fully saturated rings. The molecule has 1 heterocycles. The summed E-state index contributed by atoms with van der Waals surface area (Å²) in [5.74, 6) is 1.24. The first-order valence-electron chi connectivity index (χ1n) is 5.66. The number of hydrogen-bond acceptors (Lipinski definition) is 4.